The maximum Gasteiger partial charge on any atom is 0.133 e. The Hall–Kier alpha value is -0.200. The van der Waals surface area contributed by atoms with Crippen molar-refractivity contribution in [1.29, 1.82) is 0 Å². The summed E-state index contributed by atoms with van der Waals surface area (Å²) in [5.74, 6) is 0. The fraction of sp³-hybridized carbons (Fsp3) is 1.00. The standard InChI is InChI=1S/C3H10N2O3/c4-1-2-6-8-7-3-5/h1-5H2. The smallest absolute Gasteiger partial charge is 0.133 e. The zero-order valence-corrected chi connectivity index (χ0v) is 4.50. The molecule has 50 valence electrons. The lowest BCUT2D eigenvalue weighted by Gasteiger charge is -1.96. The Morgan fingerprint density at radius 2 is 1.88 bits per heavy atom. The van der Waals surface area contributed by atoms with Crippen LogP contribution in [0.2, 0.25) is 0 Å². The third kappa shape index (κ3) is 5.80. The van der Waals surface area contributed by atoms with Crippen LogP contribution in [0.25, 0.3) is 0 Å². The third-order valence-corrected chi connectivity index (χ3v) is 0.365. The van der Waals surface area contributed by atoms with Crippen molar-refractivity contribution in [2.75, 3.05) is 19.9 Å². The maximum absolute atomic E-state index is 5.02. The molecule has 0 heterocycles. The molecule has 8 heavy (non-hydrogen) atoms. The van der Waals surface area contributed by atoms with Gasteiger partial charge in [0.1, 0.15) is 6.73 Å². The first-order valence-corrected chi connectivity index (χ1v) is 2.23. The zero-order valence-electron chi connectivity index (χ0n) is 4.50. The topological polar surface area (TPSA) is 79.7 Å². The first kappa shape index (κ1) is 7.80. The van der Waals surface area contributed by atoms with Crippen molar-refractivity contribution < 1.29 is 14.8 Å². The van der Waals surface area contributed by atoms with Gasteiger partial charge in [-0.2, -0.15) is 4.89 Å². The highest BCUT2D eigenvalue weighted by Crippen LogP contribution is 1.74. The van der Waals surface area contributed by atoms with Crippen LogP contribution in [0.1, 0.15) is 0 Å². The van der Waals surface area contributed by atoms with Gasteiger partial charge in [-0.3, -0.25) is 0 Å². The summed E-state index contributed by atoms with van der Waals surface area (Å²) in [5.41, 5.74) is 9.87. The minimum absolute atomic E-state index is 0.0232. The molecule has 0 unspecified atom stereocenters. The summed E-state index contributed by atoms with van der Waals surface area (Å²) in [4.78, 5) is 8.43. The second-order valence-electron chi connectivity index (χ2n) is 0.963. The second kappa shape index (κ2) is 6.80. The molecule has 0 aliphatic rings. The Morgan fingerprint density at radius 1 is 1.12 bits per heavy atom. The normalized spacial score (nSPS) is 9.75. The van der Waals surface area contributed by atoms with Gasteiger partial charge >= 0.3 is 0 Å². The highest BCUT2D eigenvalue weighted by atomic mass is 17.5. The molecule has 0 aliphatic carbocycles. The van der Waals surface area contributed by atoms with E-state index >= 15 is 0 Å². The van der Waals surface area contributed by atoms with Crippen molar-refractivity contribution in [1.82, 2.24) is 0 Å². The molecule has 0 atom stereocenters. The number of hydrogen-bond acceptors (Lipinski definition) is 5. The maximum atomic E-state index is 5.02. The molecule has 5 heteroatoms. The lowest BCUT2D eigenvalue weighted by atomic mass is 10.8. The van der Waals surface area contributed by atoms with Crippen molar-refractivity contribution in [2.45, 2.75) is 0 Å². The van der Waals surface area contributed by atoms with E-state index in [1.165, 1.54) is 0 Å². The minimum Gasteiger partial charge on any atom is -0.328 e. The molecule has 0 amide bonds. The SMILES string of the molecule is NCCOOOCN. The van der Waals surface area contributed by atoms with E-state index in [0.29, 0.717) is 13.2 Å². The summed E-state index contributed by atoms with van der Waals surface area (Å²) in [5, 5.41) is 4.02. The van der Waals surface area contributed by atoms with Crippen molar-refractivity contribution in [3.8, 4) is 0 Å². The van der Waals surface area contributed by atoms with Crippen LogP contribution in [-0.4, -0.2) is 19.9 Å². The van der Waals surface area contributed by atoms with Crippen LogP contribution in [0, 0.1) is 0 Å². The van der Waals surface area contributed by atoms with Gasteiger partial charge in [0.25, 0.3) is 0 Å². The van der Waals surface area contributed by atoms with Crippen molar-refractivity contribution in [3.63, 3.8) is 0 Å². The summed E-state index contributed by atoms with van der Waals surface area (Å²) in [6.07, 6.45) is 0. The van der Waals surface area contributed by atoms with Gasteiger partial charge in [0.2, 0.25) is 0 Å². The van der Waals surface area contributed by atoms with E-state index in [0.717, 1.165) is 0 Å². The second-order valence-corrected chi connectivity index (χ2v) is 0.963. The molecule has 0 spiro atoms. The van der Waals surface area contributed by atoms with E-state index in [-0.39, 0.29) is 6.73 Å². The van der Waals surface area contributed by atoms with E-state index in [2.05, 4.69) is 14.8 Å². The Kier molecular flexibility index (Phi) is 6.63. The van der Waals surface area contributed by atoms with Crippen LogP contribution in [0.15, 0.2) is 0 Å². The van der Waals surface area contributed by atoms with Crippen molar-refractivity contribution >= 4 is 0 Å². The Bertz CT molecular complexity index is 37.5. The third-order valence-electron chi connectivity index (χ3n) is 0.365. The molecule has 4 N–H and O–H groups in total. The highest BCUT2D eigenvalue weighted by Gasteiger charge is 1.82. The van der Waals surface area contributed by atoms with Gasteiger partial charge in [0.15, 0.2) is 0 Å². The molecule has 0 aromatic rings. The van der Waals surface area contributed by atoms with E-state index in [4.69, 9.17) is 11.5 Å². The highest BCUT2D eigenvalue weighted by molar-refractivity contribution is 4.20. The van der Waals surface area contributed by atoms with Crippen LogP contribution in [-0.2, 0) is 14.8 Å². The van der Waals surface area contributed by atoms with E-state index in [1.807, 2.05) is 0 Å². The van der Waals surface area contributed by atoms with Gasteiger partial charge in [0.05, 0.1) is 6.61 Å². The molecular weight excluding hydrogens is 112 g/mol. The van der Waals surface area contributed by atoms with Gasteiger partial charge < -0.3 is 11.5 Å². The predicted octanol–water partition coefficient (Wildman–Crippen LogP) is -1.26. The quantitative estimate of drug-likeness (QED) is 0.206. The molecule has 0 bridgehead atoms. The fourth-order valence-corrected chi connectivity index (χ4v) is 0.144. The molecule has 0 aromatic heterocycles. The number of rotatable bonds is 5. The molecule has 0 saturated carbocycles. The molecule has 0 radical (unpaired) electrons. The summed E-state index contributed by atoms with van der Waals surface area (Å²) >= 11 is 0. The summed E-state index contributed by atoms with van der Waals surface area (Å²) in [6.45, 7) is 0.679. The molecule has 0 aromatic carbocycles. The van der Waals surface area contributed by atoms with Gasteiger partial charge in [0, 0.05) is 6.54 Å². The lowest BCUT2D eigenvalue weighted by molar-refractivity contribution is -0.511. The van der Waals surface area contributed by atoms with Crippen molar-refractivity contribution in [2.24, 2.45) is 11.5 Å². The first-order chi connectivity index (χ1) is 3.91. The number of nitrogens with two attached hydrogens (primary N) is 2. The zero-order chi connectivity index (χ0) is 6.24. The summed E-state index contributed by atoms with van der Waals surface area (Å²) in [6, 6.07) is 0. The summed E-state index contributed by atoms with van der Waals surface area (Å²) in [7, 11) is 0. The molecule has 0 aliphatic heterocycles. The summed E-state index contributed by atoms with van der Waals surface area (Å²) < 4.78 is 0. The van der Waals surface area contributed by atoms with Crippen LogP contribution in [0.3, 0.4) is 0 Å². The van der Waals surface area contributed by atoms with Crippen molar-refractivity contribution in [3.05, 3.63) is 0 Å². The van der Waals surface area contributed by atoms with E-state index < -0.39 is 0 Å². The minimum atomic E-state index is -0.0232. The van der Waals surface area contributed by atoms with Crippen LogP contribution >= 0.6 is 0 Å². The molecule has 5 nitrogen and oxygen atoms in total. The predicted molar refractivity (Wildman–Crippen MR) is 26.2 cm³/mol. The van der Waals surface area contributed by atoms with Gasteiger partial charge in [-0.15, -0.1) is 0 Å². The van der Waals surface area contributed by atoms with Crippen LogP contribution in [0.5, 0.6) is 0 Å². The molecule has 0 rings (SSSR count). The lowest BCUT2D eigenvalue weighted by Crippen LogP contribution is -2.11. The molecule has 0 fully saturated rings. The fourth-order valence-electron chi connectivity index (χ4n) is 0.144. The number of hydrogen-bond donors (Lipinski definition) is 2. The van der Waals surface area contributed by atoms with Gasteiger partial charge in [-0.25, -0.2) is 4.89 Å². The molecular formula is C3H10N2O3. The van der Waals surface area contributed by atoms with E-state index in [1.54, 1.807) is 0 Å². The van der Waals surface area contributed by atoms with Crippen LogP contribution < -0.4 is 11.5 Å². The van der Waals surface area contributed by atoms with Gasteiger partial charge in [-0.1, -0.05) is 5.04 Å². The molecule has 0 saturated heterocycles. The largest absolute Gasteiger partial charge is 0.328 e. The Labute approximate surface area is 47.3 Å². The Morgan fingerprint density at radius 3 is 2.38 bits per heavy atom. The average Bonchev–Trinajstić information content (AvgIpc) is 1.81. The average molecular weight is 122 g/mol. The Balaban J connectivity index is 2.53. The van der Waals surface area contributed by atoms with E-state index in [9.17, 15) is 0 Å². The van der Waals surface area contributed by atoms with Gasteiger partial charge in [-0.05, 0) is 0 Å². The van der Waals surface area contributed by atoms with Crippen LogP contribution in [0.4, 0.5) is 0 Å². The monoisotopic (exact) mass is 122 g/mol. The first-order valence-electron chi connectivity index (χ1n) is 2.23.